The van der Waals surface area contributed by atoms with Crippen LogP contribution in [0, 0.1) is 6.92 Å². The number of carbonyl (C=O) groups is 1. The van der Waals surface area contributed by atoms with Crippen molar-refractivity contribution >= 4 is 39.2 Å². The zero-order valence-electron chi connectivity index (χ0n) is 19.6. The van der Waals surface area contributed by atoms with Gasteiger partial charge in [-0.25, -0.2) is 13.2 Å². The van der Waals surface area contributed by atoms with Crippen molar-refractivity contribution in [3.63, 3.8) is 0 Å². The van der Waals surface area contributed by atoms with E-state index < -0.39 is 38.9 Å². The number of sulfonamides is 1. The van der Waals surface area contributed by atoms with Gasteiger partial charge in [0.1, 0.15) is 0 Å². The second-order valence-corrected chi connectivity index (χ2v) is 10.5. The van der Waals surface area contributed by atoms with Gasteiger partial charge in [-0.3, -0.25) is 0 Å². The number of ether oxygens (including phenoxy) is 1. The van der Waals surface area contributed by atoms with Crippen LogP contribution in [-0.4, -0.2) is 33.2 Å². The van der Waals surface area contributed by atoms with Crippen LogP contribution in [-0.2, 0) is 19.6 Å². The second-order valence-electron chi connectivity index (χ2n) is 8.38. The molecule has 0 bridgehead atoms. The molecule has 4 rings (SSSR count). The number of halogens is 4. The van der Waals surface area contributed by atoms with E-state index in [1.54, 1.807) is 37.3 Å². The molecule has 0 amide bonds. The number of alkyl halides is 3. The number of esters is 1. The van der Waals surface area contributed by atoms with Gasteiger partial charge in [0.2, 0.25) is 10.0 Å². The average molecular weight is 548 g/mol. The van der Waals surface area contributed by atoms with Crippen molar-refractivity contribution in [3.05, 3.63) is 112 Å². The summed E-state index contributed by atoms with van der Waals surface area (Å²) >= 11 is 5.97. The molecule has 0 aliphatic heterocycles. The van der Waals surface area contributed by atoms with Gasteiger partial charge < -0.3 is 4.74 Å². The average Bonchev–Trinajstić information content (AvgIpc) is 2.85. The van der Waals surface area contributed by atoms with E-state index in [1.807, 2.05) is 4.72 Å². The molecule has 0 saturated carbocycles. The lowest BCUT2D eigenvalue weighted by molar-refractivity contribution is -0.175. The molecule has 192 valence electrons. The van der Waals surface area contributed by atoms with Gasteiger partial charge in [0, 0.05) is 10.6 Å². The van der Waals surface area contributed by atoms with Gasteiger partial charge in [0.15, 0.2) is 5.54 Å². The van der Waals surface area contributed by atoms with Crippen molar-refractivity contribution < 1.29 is 31.1 Å². The Morgan fingerprint density at radius 2 is 1.57 bits per heavy atom. The lowest BCUT2D eigenvalue weighted by Crippen LogP contribution is -2.67. The van der Waals surface area contributed by atoms with E-state index in [0.717, 1.165) is 12.7 Å². The molecule has 5 nitrogen and oxygen atoms in total. The van der Waals surface area contributed by atoms with E-state index in [-0.39, 0.29) is 16.0 Å². The number of hydrogen-bond acceptors (Lipinski definition) is 4. The molecule has 0 radical (unpaired) electrons. The molecular formula is C27H21ClF3NO4S. The quantitative estimate of drug-likeness (QED) is 0.387. The van der Waals surface area contributed by atoms with Gasteiger partial charge in [0.25, 0.3) is 0 Å². The fraction of sp³-hybridized carbons (Fsp3) is 0.148. The molecule has 0 saturated heterocycles. The van der Waals surface area contributed by atoms with Crippen LogP contribution in [0.3, 0.4) is 0 Å². The minimum absolute atomic E-state index is 0.101. The second kappa shape index (κ2) is 9.81. The van der Waals surface area contributed by atoms with Crippen molar-refractivity contribution in [3.8, 4) is 0 Å². The Balaban J connectivity index is 2.05. The molecule has 1 atom stereocenters. The van der Waals surface area contributed by atoms with E-state index in [9.17, 15) is 13.2 Å². The summed E-state index contributed by atoms with van der Waals surface area (Å²) in [6, 6.07) is 19.2. The summed E-state index contributed by atoms with van der Waals surface area (Å²) in [4.78, 5) is 12.5. The molecule has 0 fully saturated rings. The summed E-state index contributed by atoms with van der Waals surface area (Å²) in [5.41, 5.74) is -3.48. The maximum atomic E-state index is 15.1. The summed E-state index contributed by atoms with van der Waals surface area (Å²) in [6.45, 7) is 1.71. The molecule has 0 heterocycles. The van der Waals surface area contributed by atoms with E-state index in [0.29, 0.717) is 10.6 Å². The molecule has 10 heteroatoms. The molecule has 3 aromatic carbocycles. The first-order valence-electron chi connectivity index (χ1n) is 10.9. The van der Waals surface area contributed by atoms with E-state index in [4.69, 9.17) is 16.3 Å². The normalized spacial score (nSPS) is 19.0. The molecule has 1 N–H and O–H groups in total. The van der Waals surface area contributed by atoms with Crippen LogP contribution in [0.2, 0.25) is 5.02 Å². The monoisotopic (exact) mass is 547 g/mol. The Morgan fingerprint density at radius 1 is 0.973 bits per heavy atom. The van der Waals surface area contributed by atoms with Crippen LogP contribution in [0.1, 0.15) is 16.7 Å². The van der Waals surface area contributed by atoms with Crippen LogP contribution in [0.4, 0.5) is 13.2 Å². The third-order valence-electron chi connectivity index (χ3n) is 5.98. The Hall–Kier alpha value is -3.40. The van der Waals surface area contributed by atoms with E-state index >= 15 is 13.2 Å². The molecule has 1 aliphatic rings. The first-order valence-corrected chi connectivity index (χ1v) is 12.8. The lowest BCUT2D eigenvalue weighted by atomic mass is 9.63. The van der Waals surface area contributed by atoms with Crippen molar-refractivity contribution in [2.45, 2.75) is 23.5 Å². The highest BCUT2D eigenvalue weighted by molar-refractivity contribution is 7.89. The van der Waals surface area contributed by atoms with Gasteiger partial charge in [-0.05, 0) is 54.0 Å². The predicted octanol–water partition coefficient (Wildman–Crippen LogP) is 5.95. The van der Waals surface area contributed by atoms with Crippen molar-refractivity contribution in [2.24, 2.45) is 0 Å². The number of methoxy groups -OCH3 is 1. The standard InChI is InChI=1S/C27H21ClF3NO4S/c1-17-8-14-21(15-9-17)37(34,35)32-26(27(29,30)31)22(16-18-6-4-3-5-7-18)23(24(26)25(33)36-2)19-10-12-20(28)13-11-19/h3-16,32H,1-2H3/b22-16+/t26-/m1/s1. The summed E-state index contributed by atoms with van der Waals surface area (Å²) in [7, 11) is -3.83. The number of aryl methyl sites for hydroxylation is 1. The van der Waals surface area contributed by atoms with Gasteiger partial charge in [-0.2, -0.15) is 17.9 Å². The number of hydrogen-bond donors (Lipinski definition) is 1. The summed E-state index contributed by atoms with van der Waals surface area (Å²) in [5.74, 6) is -1.32. The van der Waals surface area contributed by atoms with E-state index in [2.05, 4.69) is 0 Å². The molecule has 1 aliphatic carbocycles. The number of benzene rings is 3. The van der Waals surface area contributed by atoms with Crippen molar-refractivity contribution in [1.82, 2.24) is 4.72 Å². The van der Waals surface area contributed by atoms with Crippen LogP contribution < -0.4 is 4.72 Å². The molecule has 0 aromatic heterocycles. The molecule has 0 unspecified atom stereocenters. The predicted molar refractivity (Wildman–Crippen MR) is 135 cm³/mol. The summed E-state index contributed by atoms with van der Waals surface area (Å²) in [6.07, 6.45) is -4.05. The van der Waals surface area contributed by atoms with Crippen molar-refractivity contribution in [1.29, 1.82) is 0 Å². The van der Waals surface area contributed by atoms with Crippen LogP contribution >= 0.6 is 11.6 Å². The maximum Gasteiger partial charge on any atom is 0.416 e. The fourth-order valence-corrected chi connectivity index (χ4v) is 5.66. The Kier molecular flexibility index (Phi) is 7.07. The maximum absolute atomic E-state index is 15.1. The van der Waals surface area contributed by atoms with Gasteiger partial charge in [-0.1, -0.05) is 71.8 Å². The van der Waals surface area contributed by atoms with Crippen LogP contribution in [0.5, 0.6) is 0 Å². The number of carbonyl (C=O) groups excluding carboxylic acids is 1. The van der Waals surface area contributed by atoms with Gasteiger partial charge in [0.05, 0.1) is 17.6 Å². The highest BCUT2D eigenvalue weighted by Gasteiger charge is 2.70. The minimum atomic E-state index is -5.26. The third kappa shape index (κ3) is 4.82. The van der Waals surface area contributed by atoms with E-state index in [1.165, 1.54) is 54.6 Å². The molecular weight excluding hydrogens is 527 g/mol. The Bertz CT molecular complexity index is 1500. The zero-order valence-corrected chi connectivity index (χ0v) is 21.2. The van der Waals surface area contributed by atoms with Gasteiger partial charge in [-0.15, -0.1) is 0 Å². The third-order valence-corrected chi connectivity index (χ3v) is 7.69. The van der Waals surface area contributed by atoms with Crippen LogP contribution in [0.25, 0.3) is 11.6 Å². The SMILES string of the molecule is COC(=O)C1=C(c2ccc(Cl)cc2)/C(=C\c2ccccc2)[C@]1(NS(=O)(=O)c1ccc(C)cc1)C(F)(F)F. The minimum Gasteiger partial charge on any atom is -0.466 e. The topological polar surface area (TPSA) is 72.5 Å². The zero-order chi connectivity index (χ0) is 27.0. The molecule has 0 spiro atoms. The van der Waals surface area contributed by atoms with Crippen LogP contribution in [0.15, 0.2) is 94.9 Å². The van der Waals surface area contributed by atoms with Gasteiger partial charge >= 0.3 is 12.1 Å². The summed E-state index contributed by atoms with van der Waals surface area (Å²) in [5, 5.41) is 0.332. The largest absolute Gasteiger partial charge is 0.466 e. The fourth-order valence-electron chi connectivity index (χ4n) is 4.19. The number of nitrogens with one attached hydrogen (secondary N) is 1. The molecule has 3 aromatic rings. The lowest BCUT2D eigenvalue weighted by Gasteiger charge is -2.48. The smallest absolute Gasteiger partial charge is 0.416 e. The Labute approximate surface area is 217 Å². The Morgan fingerprint density at radius 3 is 2.11 bits per heavy atom. The number of rotatable bonds is 6. The van der Waals surface area contributed by atoms with Crippen molar-refractivity contribution in [2.75, 3.05) is 7.11 Å². The highest BCUT2D eigenvalue weighted by Crippen LogP contribution is 2.58. The first-order chi connectivity index (χ1) is 17.4. The highest BCUT2D eigenvalue weighted by atomic mass is 35.5. The summed E-state index contributed by atoms with van der Waals surface area (Å²) < 4.78 is 78.4. The first kappa shape index (κ1) is 26.7. The molecule has 37 heavy (non-hydrogen) atoms.